The molecule has 1 aromatic rings. The smallest absolute Gasteiger partial charge is 0.296 e. The molecule has 0 amide bonds. The monoisotopic (exact) mass is 290 g/mol. The fourth-order valence-electron chi connectivity index (χ4n) is 3.69. The first-order valence-corrected chi connectivity index (χ1v) is 8.38. The van der Waals surface area contributed by atoms with Crippen molar-refractivity contribution < 1.29 is 0 Å². The molecule has 1 fully saturated rings. The van der Waals surface area contributed by atoms with E-state index in [0.717, 1.165) is 49.9 Å². The summed E-state index contributed by atoms with van der Waals surface area (Å²) >= 11 is 0. The van der Waals surface area contributed by atoms with Crippen molar-refractivity contribution in [2.75, 3.05) is 5.32 Å². The molecule has 0 radical (unpaired) electrons. The molecule has 2 atom stereocenters. The fourth-order valence-corrected chi connectivity index (χ4v) is 3.69. The van der Waals surface area contributed by atoms with Gasteiger partial charge in [0.2, 0.25) is 5.82 Å². The molecule has 3 rings (SSSR count). The maximum Gasteiger partial charge on any atom is 0.296 e. The molecule has 116 valence electrons. The van der Waals surface area contributed by atoms with Crippen molar-refractivity contribution in [2.24, 2.45) is 11.8 Å². The van der Waals surface area contributed by atoms with E-state index in [-0.39, 0.29) is 5.56 Å². The van der Waals surface area contributed by atoms with Gasteiger partial charge < -0.3 is 5.32 Å². The lowest BCUT2D eigenvalue weighted by Crippen LogP contribution is -2.30. The van der Waals surface area contributed by atoms with Gasteiger partial charge in [-0.2, -0.15) is 0 Å². The molecule has 2 heterocycles. The van der Waals surface area contributed by atoms with Crippen LogP contribution in [0.25, 0.3) is 0 Å². The van der Waals surface area contributed by atoms with Gasteiger partial charge in [0.05, 0.1) is 0 Å². The second-order valence-electron chi connectivity index (χ2n) is 6.88. The summed E-state index contributed by atoms with van der Waals surface area (Å²) in [4.78, 5) is 12.4. The minimum Gasteiger partial charge on any atom is -0.361 e. The van der Waals surface area contributed by atoms with Crippen LogP contribution in [0.4, 0.5) is 5.82 Å². The fraction of sp³-hybridized carbons (Fsp3) is 0.812. The number of anilines is 1. The summed E-state index contributed by atoms with van der Waals surface area (Å²) < 4.78 is 1.78. The Morgan fingerprint density at radius 2 is 2.00 bits per heavy atom. The number of hydrogen-bond donors (Lipinski definition) is 1. The second-order valence-corrected chi connectivity index (χ2v) is 6.88. The predicted octanol–water partition coefficient (Wildman–Crippen LogP) is 2.60. The second kappa shape index (κ2) is 6.16. The Morgan fingerprint density at radius 1 is 1.14 bits per heavy atom. The summed E-state index contributed by atoms with van der Waals surface area (Å²) in [5.41, 5.74) is 0.0159. The summed E-state index contributed by atoms with van der Waals surface area (Å²) in [5, 5.41) is 11.7. The molecule has 0 aromatic carbocycles. The van der Waals surface area contributed by atoms with E-state index in [2.05, 4.69) is 29.4 Å². The van der Waals surface area contributed by atoms with E-state index in [9.17, 15) is 4.79 Å². The topological polar surface area (TPSA) is 59.8 Å². The van der Waals surface area contributed by atoms with Gasteiger partial charge in [-0.3, -0.25) is 9.36 Å². The van der Waals surface area contributed by atoms with Crippen LogP contribution in [-0.2, 0) is 13.0 Å². The highest BCUT2D eigenvalue weighted by atomic mass is 16.1. The average Bonchev–Trinajstić information content (AvgIpc) is 2.81. The van der Waals surface area contributed by atoms with Crippen molar-refractivity contribution in [3.63, 3.8) is 0 Å². The highest BCUT2D eigenvalue weighted by Gasteiger charge is 2.23. The van der Waals surface area contributed by atoms with E-state index in [1.807, 2.05) is 0 Å². The number of aromatic nitrogens is 3. The van der Waals surface area contributed by atoms with Gasteiger partial charge in [0.1, 0.15) is 5.82 Å². The summed E-state index contributed by atoms with van der Waals surface area (Å²) in [6.07, 6.45) is 7.94. The third-order valence-electron chi connectivity index (χ3n) is 5.10. The van der Waals surface area contributed by atoms with Gasteiger partial charge in [-0.05, 0) is 37.5 Å². The Balaban J connectivity index is 1.68. The van der Waals surface area contributed by atoms with E-state index in [4.69, 9.17) is 0 Å². The molecule has 1 N–H and O–H groups in total. The summed E-state index contributed by atoms with van der Waals surface area (Å²) in [7, 11) is 0. The zero-order chi connectivity index (χ0) is 14.8. The SMILES string of the molecule is CC(C)C1CCCC(Nc2nnc3n(c2=O)CCC3)CC1. The summed E-state index contributed by atoms with van der Waals surface area (Å²) in [6, 6.07) is 0.371. The molecular formula is C16H26N4O. The van der Waals surface area contributed by atoms with Crippen LogP contribution >= 0.6 is 0 Å². The normalized spacial score (nSPS) is 25.7. The van der Waals surface area contributed by atoms with Crippen LogP contribution in [0, 0.1) is 11.8 Å². The van der Waals surface area contributed by atoms with Gasteiger partial charge in [0.15, 0.2) is 0 Å². The Hall–Kier alpha value is -1.39. The van der Waals surface area contributed by atoms with Crippen LogP contribution in [-0.4, -0.2) is 20.8 Å². The van der Waals surface area contributed by atoms with Crippen LogP contribution in [0.5, 0.6) is 0 Å². The molecule has 2 aliphatic rings. The average molecular weight is 290 g/mol. The highest BCUT2D eigenvalue weighted by Crippen LogP contribution is 2.29. The van der Waals surface area contributed by atoms with E-state index in [1.54, 1.807) is 4.57 Å². The van der Waals surface area contributed by atoms with Gasteiger partial charge in [0, 0.05) is 19.0 Å². The third-order valence-corrected chi connectivity index (χ3v) is 5.10. The van der Waals surface area contributed by atoms with Crippen LogP contribution in [0.3, 0.4) is 0 Å². The van der Waals surface area contributed by atoms with Crippen molar-refractivity contribution >= 4 is 5.82 Å². The van der Waals surface area contributed by atoms with E-state index in [1.165, 1.54) is 19.3 Å². The van der Waals surface area contributed by atoms with Crippen LogP contribution in [0.1, 0.15) is 58.2 Å². The first kappa shape index (κ1) is 14.5. The molecule has 1 aliphatic carbocycles. The third kappa shape index (κ3) is 3.11. The molecule has 0 bridgehead atoms. The number of nitrogens with one attached hydrogen (secondary N) is 1. The number of nitrogens with zero attached hydrogens (tertiary/aromatic N) is 3. The lowest BCUT2D eigenvalue weighted by Gasteiger charge is -2.19. The summed E-state index contributed by atoms with van der Waals surface area (Å²) in [5.74, 6) is 2.87. The molecular weight excluding hydrogens is 264 g/mol. The van der Waals surface area contributed by atoms with Crippen molar-refractivity contribution in [3.05, 3.63) is 16.2 Å². The minimum atomic E-state index is 0.0159. The molecule has 5 heteroatoms. The molecule has 0 saturated heterocycles. The van der Waals surface area contributed by atoms with Gasteiger partial charge in [-0.15, -0.1) is 10.2 Å². The zero-order valence-corrected chi connectivity index (χ0v) is 13.1. The van der Waals surface area contributed by atoms with E-state index < -0.39 is 0 Å². The maximum absolute atomic E-state index is 12.4. The van der Waals surface area contributed by atoms with Crippen molar-refractivity contribution in [1.82, 2.24) is 14.8 Å². The number of rotatable bonds is 3. The highest BCUT2D eigenvalue weighted by molar-refractivity contribution is 5.32. The first-order chi connectivity index (χ1) is 10.1. The van der Waals surface area contributed by atoms with Crippen molar-refractivity contribution in [2.45, 2.75) is 71.4 Å². The Labute approximate surface area is 126 Å². The minimum absolute atomic E-state index is 0.0159. The zero-order valence-electron chi connectivity index (χ0n) is 13.1. The molecule has 21 heavy (non-hydrogen) atoms. The van der Waals surface area contributed by atoms with Gasteiger partial charge >= 0.3 is 0 Å². The largest absolute Gasteiger partial charge is 0.361 e. The first-order valence-electron chi connectivity index (χ1n) is 8.38. The lowest BCUT2D eigenvalue weighted by molar-refractivity contribution is 0.341. The maximum atomic E-state index is 12.4. The summed E-state index contributed by atoms with van der Waals surface area (Å²) in [6.45, 7) is 5.42. The molecule has 2 unspecified atom stereocenters. The van der Waals surface area contributed by atoms with Crippen LogP contribution in [0.2, 0.25) is 0 Å². The molecule has 1 aromatic heterocycles. The van der Waals surface area contributed by atoms with Gasteiger partial charge in [-0.25, -0.2) is 0 Å². The number of aryl methyl sites for hydroxylation is 1. The predicted molar refractivity (Wildman–Crippen MR) is 83.4 cm³/mol. The van der Waals surface area contributed by atoms with Crippen molar-refractivity contribution in [3.8, 4) is 0 Å². The van der Waals surface area contributed by atoms with E-state index >= 15 is 0 Å². The molecule has 0 spiro atoms. The number of fused-ring (bicyclic) bond motifs is 1. The van der Waals surface area contributed by atoms with Crippen molar-refractivity contribution in [1.29, 1.82) is 0 Å². The standard InChI is InChI=1S/C16H26N4O/c1-11(2)12-5-3-6-13(9-8-12)17-15-16(21)20-10-4-7-14(20)18-19-15/h11-13H,3-10H2,1-2H3,(H,17,19). The Kier molecular flexibility index (Phi) is 4.27. The molecule has 1 saturated carbocycles. The molecule has 5 nitrogen and oxygen atoms in total. The van der Waals surface area contributed by atoms with E-state index in [0.29, 0.717) is 11.9 Å². The van der Waals surface area contributed by atoms with Crippen LogP contribution < -0.4 is 10.9 Å². The molecule has 1 aliphatic heterocycles. The van der Waals surface area contributed by atoms with Gasteiger partial charge in [0.25, 0.3) is 5.56 Å². The Bertz CT molecular complexity index is 552. The van der Waals surface area contributed by atoms with Crippen LogP contribution in [0.15, 0.2) is 4.79 Å². The lowest BCUT2D eigenvalue weighted by atomic mass is 9.89. The quantitative estimate of drug-likeness (QED) is 0.869. The van der Waals surface area contributed by atoms with Gasteiger partial charge in [-0.1, -0.05) is 26.7 Å². The Morgan fingerprint density at radius 3 is 2.81 bits per heavy atom. The number of hydrogen-bond acceptors (Lipinski definition) is 4.